The molecule has 88 valence electrons. The van der Waals surface area contributed by atoms with Crippen LogP contribution in [-0.2, 0) is 5.75 Å². The van der Waals surface area contributed by atoms with Gasteiger partial charge in [0.15, 0.2) is 0 Å². The van der Waals surface area contributed by atoms with E-state index >= 15 is 0 Å². The minimum atomic E-state index is -1.04. The first-order chi connectivity index (χ1) is 8.15. The Morgan fingerprint density at radius 2 is 2.35 bits per heavy atom. The van der Waals surface area contributed by atoms with Crippen LogP contribution in [0.4, 0.5) is 0 Å². The number of nitrogens with zero attached hydrogens (tertiary/aromatic N) is 3. The highest BCUT2D eigenvalue weighted by Crippen LogP contribution is 2.25. The lowest BCUT2D eigenvalue weighted by Crippen LogP contribution is -1.99. The van der Waals surface area contributed by atoms with E-state index in [0.717, 1.165) is 9.90 Å². The predicted octanol–water partition coefficient (Wildman–Crippen LogP) is 2.58. The number of pyridine rings is 1. The number of halogens is 1. The molecule has 0 aliphatic heterocycles. The molecule has 17 heavy (non-hydrogen) atoms. The Bertz CT molecular complexity index is 547. The van der Waals surface area contributed by atoms with Gasteiger partial charge < -0.3 is 5.11 Å². The number of hydrogen-bond donors (Lipinski definition) is 1. The third kappa shape index (κ3) is 3.39. The van der Waals surface area contributed by atoms with Crippen LogP contribution in [0.25, 0.3) is 0 Å². The van der Waals surface area contributed by atoms with E-state index in [4.69, 9.17) is 16.7 Å². The molecule has 0 aliphatic rings. The van der Waals surface area contributed by atoms with Gasteiger partial charge in [0, 0.05) is 11.1 Å². The van der Waals surface area contributed by atoms with Gasteiger partial charge in [0.25, 0.3) is 0 Å². The highest BCUT2D eigenvalue weighted by Gasteiger charge is 2.07. The molecule has 5 nitrogen and oxygen atoms in total. The minimum Gasteiger partial charge on any atom is -0.477 e. The molecule has 2 aromatic rings. The van der Waals surface area contributed by atoms with Crippen LogP contribution in [0.2, 0.25) is 4.47 Å². The lowest BCUT2D eigenvalue weighted by Gasteiger charge is -1.99. The Morgan fingerprint density at radius 3 is 3.00 bits per heavy atom. The summed E-state index contributed by atoms with van der Waals surface area (Å²) in [5.74, 6) is -0.431. The van der Waals surface area contributed by atoms with Crippen LogP contribution in [0.3, 0.4) is 0 Å². The zero-order valence-electron chi connectivity index (χ0n) is 8.33. The van der Waals surface area contributed by atoms with Crippen molar-refractivity contribution in [3.05, 3.63) is 33.5 Å². The van der Waals surface area contributed by atoms with Gasteiger partial charge in [0.2, 0.25) is 4.47 Å². The van der Waals surface area contributed by atoms with Gasteiger partial charge in [0.1, 0.15) is 10.7 Å². The van der Waals surface area contributed by atoms with Crippen LogP contribution in [0.15, 0.2) is 23.2 Å². The van der Waals surface area contributed by atoms with Crippen molar-refractivity contribution < 1.29 is 9.90 Å². The molecule has 0 unspecified atom stereocenters. The lowest BCUT2D eigenvalue weighted by molar-refractivity contribution is 0.0690. The van der Waals surface area contributed by atoms with Gasteiger partial charge in [-0.15, -0.1) is 22.0 Å². The molecular formula is C9H6ClN3O2S2. The molecule has 1 N–H and O–H groups in total. The summed E-state index contributed by atoms with van der Waals surface area (Å²) in [6.45, 7) is 0. The molecule has 2 rings (SSSR count). The van der Waals surface area contributed by atoms with Crippen molar-refractivity contribution in [2.45, 2.75) is 10.6 Å². The van der Waals surface area contributed by atoms with Crippen molar-refractivity contribution in [2.24, 2.45) is 0 Å². The third-order valence-corrected chi connectivity index (χ3v) is 3.96. The average Bonchev–Trinajstić information content (AvgIpc) is 2.73. The van der Waals surface area contributed by atoms with E-state index in [2.05, 4.69) is 15.2 Å². The molecular weight excluding hydrogens is 282 g/mol. The molecule has 0 fully saturated rings. The van der Waals surface area contributed by atoms with E-state index in [1.165, 1.54) is 35.4 Å². The Balaban J connectivity index is 2.04. The average molecular weight is 288 g/mol. The maximum atomic E-state index is 10.7. The molecule has 0 bridgehead atoms. The van der Waals surface area contributed by atoms with E-state index in [1.54, 1.807) is 6.07 Å². The summed E-state index contributed by atoms with van der Waals surface area (Å²) in [5, 5.41) is 17.1. The lowest BCUT2D eigenvalue weighted by atomic mass is 10.3. The smallest absolute Gasteiger partial charge is 0.354 e. The number of carbonyl (C=O) groups is 1. The van der Waals surface area contributed by atoms with Crippen LogP contribution in [0, 0.1) is 0 Å². The topological polar surface area (TPSA) is 76.0 Å². The van der Waals surface area contributed by atoms with Crippen molar-refractivity contribution >= 4 is 40.7 Å². The van der Waals surface area contributed by atoms with Crippen molar-refractivity contribution in [3.63, 3.8) is 0 Å². The summed E-state index contributed by atoms with van der Waals surface area (Å²) < 4.78 is 0.404. The standard InChI is InChI=1S/C9H6ClN3O2S2/c10-9-13-12-7(17-9)4-16-5-1-2-11-6(3-5)8(14)15/h1-3H,4H2,(H,14,15). The summed E-state index contributed by atoms with van der Waals surface area (Å²) >= 11 is 8.43. The maximum absolute atomic E-state index is 10.7. The molecule has 0 spiro atoms. The van der Waals surface area contributed by atoms with E-state index in [9.17, 15) is 4.79 Å². The third-order valence-electron chi connectivity index (χ3n) is 1.76. The Labute approximate surface area is 110 Å². The van der Waals surface area contributed by atoms with Crippen LogP contribution in [0.5, 0.6) is 0 Å². The number of thioether (sulfide) groups is 1. The van der Waals surface area contributed by atoms with Gasteiger partial charge >= 0.3 is 5.97 Å². The second-order valence-electron chi connectivity index (χ2n) is 2.92. The fourth-order valence-electron chi connectivity index (χ4n) is 1.05. The number of carboxylic acid groups (broad SMARTS) is 1. The van der Waals surface area contributed by atoms with Gasteiger partial charge in [-0.3, -0.25) is 0 Å². The van der Waals surface area contributed by atoms with Crippen LogP contribution >= 0.6 is 34.7 Å². The number of rotatable bonds is 4. The van der Waals surface area contributed by atoms with E-state index < -0.39 is 5.97 Å². The first-order valence-electron chi connectivity index (χ1n) is 4.45. The van der Waals surface area contributed by atoms with Gasteiger partial charge in [-0.05, 0) is 23.7 Å². The van der Waals surface area contributed by atoms with Crippen molar-refractivity contribution in [1.29, 1.82) is 0 Å². The maximum Gasteiger partial charge on any atom is 0.354 e. The quantitative estimate of drug-likeness (QED) is 0.871. The minimum absolute atomic E-state index is 0.0327. The van der Waals surface area contributed by atoms with Gasteiger partial charge in [-0.1, -0.05) is 11.3 Å². The number of carboxylic acids is 1. The predicted molar refractivity (Wildman–Crippen MR) is 65.7 cm³/mol. The van der Waals surface area contributed by atoms with Crippen molar-refractivity contribution in [2.75, 3.05) is 0 Å². The molecule has 0 atom stereocenters. The van der Waals surface area contributed by atoms with Crippen LogP contribution < -0.4 is 0 Å². The van der Waals surface area contributed by atoms with E-state index in [1.807, 2.05) is 0 Å². The fraction of sp³-hybridized carbons (Fsp3) is 0.111. The molecule has 0 aliphatic carbocycles. The number of aromatic carboxylic acids is 1. The van der Waals surface area contributed by atoms with E-state index in [-0.39, 0.29) is 5.69 Å². The summed E-state index contributed by atoms with van der Waals surface area (Å²) in [6, 6.07) is 3.27. The highest BCUT2D eigenvalue weighted by molar-refractivity contribution is 7.98. The zero-order chi connectivity index (χ0) is 12.3. The SMILES string of the molecule is O=C(O)c1cc(SCc2nnc(Cl)s2)ccn1. The summed E-state index contributed by atoms with van der Waals surface area (Å²) in [7, 11) is 0. The van der Waals surface area contributed by atoms with Gasteiger partial charge in [-0.25, -0.2) is 9.78 Å². The second kappa shape index (κ2) is 5.44. The molecule has 2 aromatic heterocycles. The molecule has 0 saturated carbocycles. The zero-order valence-corrected chi connectivity index (χ0v) is 10.7. The molecule has 0 saturated heterocycles. The van der Waals surface area contributed by atoms with Crippen molar-refractivity contribution in [3.8, 4) is 0 Å². The van der Waals surface area contributed by atoms with E-state index in [0.29, 0.717) is 10.2 Å². The van der Waals surface area contributed by atoms with Gasteiger partial charge in [-0.2, -0.15) is 0 Å². The largest absolute Gasteiger partial charge is 0.477 e. The number of hydrogen-bond acceptors (Lipinski definition) is 6. The fourth-order valence-corrected chi connectivity index (χ4v) is 2.83. The first-order valence-corrected chi connectivity index (χ1v) is 6.63. The normalized spacial score (nSPS) is 10.4. The summed E-state index contributed by atoms with van der Waals surface area (Å²) in [6.07, 6.45) is 1.47. The Kier molecular flexibility index (Phi) is 3.93. The summed E-state index contributed by atoms with van der Waals surface area (Å²) in [4.78, 5) is 15.3. The van der Waals surface area contributed by atoms with Crippen LogP contribution in [0.1, 0.15) is 15.5 Å². The summed E-state index contributed by atoms with van der Waals surface area (Å²) in [5.41, 5.74) is 0.0327. The second-order valence-corrected chi connectivity index (χ2v) is 5.61. The first kappa shape index (κ1) is 12.3. The highest BCUT2D eigenvalue weighted by atomic mass is 35.5. The monoisotopic (exact) mass is 287 g/mol. The van der Waals surface area contributed by atoms with Gasteiger partial charge in [0.05, 0.1) is 5.75 Å². The molecule has 0 radical (unpaired) electrons. The van der Waals surface area contributed by atoms with Crippen molar-refractivity contribution in [1.82, 2.24) is 15.2 Å². The Morgan fingerprint density at radius 1 is 1.53 bits per heavy atom. The molecule has 8 heteroatoms. The van der Waals surface area contributed by atoms with Crippen LogP contribution in [-0.4, -0.2) is 26.3 Å². The Hall–Kier alpha value is -1.18. The molecule has 0 aromatic carbocycles. The number of aromatic nitrogens is 3. The molecule has 0 amide bonds. The molecule has 2 heterocycles.